The highest BCUT2D eigenvalue weighted by atomic mass is 35.5. The molecule has 2 fully saturated rings. The number of halogens is 6. The van der Waals surface area contributed by atoms with Gasteiger partial charge in [0.05, 0.1) is 27.6 Å². The lowest BCUT2D eigenvalue weighted by Crippen LogP contribution is -2.50. The van der Waals surface area contributed by atoms with Crippen molar-refractivity contribution < 1.29 is 9.59 Å². The quantitative estimate of drug-likeness (QED) is 0.275. The van der Waals surface area contributed by atoms with E-state index in [9.17, 15) is 9.59 Å². The fourth-order valence-electron chi connectivity index (χ4n) is 5.52. The van der Waals surface area contributed by atoms with E-state index in [0.29, 0.717) is 12.1 Å². The number of rotatable bonds is 1. The summed E-state index contributed by atoms with van der Waals surface area (Å²) in [5.74, 6) is -3.35. The minimum absolute atomic E-state index is 0.0931. The Morgan fingerprint density at radius 2 is 1.32 bits per heavy atom. The van der Waals surface area contributed by atoms with Gasteiger partial charge >= 0.3 is 0 Å². The molecule has 2 aromatic carbocycles. The Labute approximate surface area is 207 Å². The van der Waals surface area contributed by atoms with Gasteiger partial charge in [0, 0.05) is 0 Å². The van der Waals surface area contributed by atoms with Crippen LogP contribution < -0.4 is 4.90 Å². The maximum Gasteiger partial charge on any atom is 0.240 e. The van der Waals surface area contributed by atoms with Gasteiger partial charge in [0.15, 0.2) is 4.33 Å². The number of allylic oxidation sites excluding steroid dienone is 2. The van der Waals surface area contributed by atoms with Crippen LogP contribution in [0.2, 0.25) is 0 Å². The topological polar surface area (TPSA) is 37.4 Å². The number of carbonyl (C=O) groups is 2. The van der Waals surface area contributed by atoms with Crippen molar-refractivity contribution in [1.82, 2.24) is 0 Å². The molecular weight excluding hydrogens is 523 g/mol. The van der Waals surface area contributed by atoms with Crippen LogP contribution in [0, 0.1) is 11.8 Å². The second kappa shape index (κ2) is 6.14. The van der Waals surface area contributed by atoms with Crippen LogP contribution in [0.5, 0.6) is 0 Å². The summed E-state index contributed by atoms with van der Waals surface area (Å²) in [4.78, 5) is 24.5. The first-order chi connectivity index (χ1) is 14.6. The molecule has 2 amide bonds. The van der Waals surface area contributed by atoms with Gasteiger partial charge in [0.1, 0.15) is 9.75 Å². The fourth-order valence-corrected chi connectivity index (χ4v) is 8.45. The number of benzene rings is 2. The normalized spacial score (nSPS) is 34.5. The van der Waals surface area contributed by atoms with Gasteiger partial charge in [-0.15, -0.1) is 23.2 Å². The third kappa shape index (κ3) is 2.08. The average molecular weight is 534 g/mol. The molecular formula is C22H11Cl6NO2. The number of fused-ring (bicyclic) bond motifs is 8. The van der Waals surface area contributed by atoms with Crippen LogP contribution in [0.25, 0.3) is 11.1 Å². The lowest BCUT2D eigenvalue weighted by atomic mass is 9.84. The highest BCUT2D eigenvalue weighted by Crippen LogP contribution is 2.77. The highest BCUT2D eigenvalue weighted by Gasteiger charge is 2.87. The molecule has 9 heteroatoms. The van der Waals surface area contributed by atoms with Gasteiger partial charge in [-0.2, -0.15) is 0 Å². The van der Waals surface area contributed by atoms with Crippen molar-refractivity contribution in [1.29, 1.82) is 0 Å². The zero-order chi connectivity index (χ0) is 22.1. The number of hydrogen-bond donors (Lipinski definition) is 0. The zero-order valence-corrected chi connectivity index (χ0v) is 20.0. The number of amides is 2. The fraction of sp³-hybridized carbons (Fsp3) is 0.273. The predicted octanol–water partition coefficient (Wildman–Crippen LogP) is 6.21. The van der Waals surface area contributed by atoms with E-state index in [1.54, 1.807) is 6.07 Å². The Bertz CT molecular complexity index is 1230. The van der Waals surface area contributed by atoms with E-state index in [2.05, 4.69) is 12.1 Å². The summed E-state index contributed by atoms with van der Waals surface area (Å²) in [6.45, 7) is 0. The van der Waals surface area contributed by atoms with Crippen molar-refractivity contribution in [3.63, 3.8) is 0 Å². The molecule has 1 aliphatic heterocycles. The van der Waals surface area contributed by atoms with Gasteiger partial charge in [0.2, 0.25) is 11.8 Å². The van der Waals surface area contributed by atoms with Gasteiger partial charge in [-0.25, -0.2) is 4.90 Å². The van der Waals surface area contributed by atoms with Crippen molar-refractivity contribution in [2.75, 3.05) is 4.90 Å². The van der Waals surface area contributed by atoms with Crippen LogP contribution in [0.15, 0.2) is 52.5 Å². The number of anilines is 1. The summed E-state index contributed by atoms with van der Waals surface area (Å²) >= 11 is 39.3. The van der Waals surface area contributed by atoms with Crippen molar-refractivity contribution >= 4 is 87.1 Å². The number of carbonyl (C=O) groups excluding carboxylic acids is 2. The zero-order valence-electron chi connectivity index (χ0n) is 15.4. The van der Waals surface area contributed by atoms with Crippen LogP contribution in [0.1, 0.15) is 11.1 Å². The van der Waals surface area contributed by atoms with Gasteiger partial charge in [0.25, 0.3) is 0 Å². The molecule has 1 saturated heterocycles. The molecule has 0 unspecified atom stereocenters. The molecule has 2 bridgehead atoms. The first-order valence-corrected chi connectivity index (χ1v) is 11.7. The Balaban J connectivity index is 1.46. The smallest absolute Gasteiger partial charge is 0.240 e. The van der Waals surface area contributed by atoms with Crippen molar-refractivity contribution in [3.8, 4) is 11.1 Å². The van der Waals surface area contributed by atoms with Crippen LogP contribution in [0.4, 0.5) is 5.69 Å². The van der Waals surface area contributed by atoms with E-state index in [-0.39, 0.29) is 10.1 Å². The molecule has 0 radical (unpaired) electrons. The van der Waals surface area contributed by atoms with Crippen molar-refractivity contribution in [3.05, 3.63) is 63.7 Å². The summed E-state index contributed by atoms with van der Waals surface area (Å²) < 4.78 is -1.93. The molecule has 158 valence electrons. The van der Waals surface area contributed by atoms with Crippen LogP contribution >= 0.6 is 69.6 Å². The van der Waals surface area contributed by atoms with Gasteiger partial charge in [-0.1, -0.05) is 76.7 Å². The maximum absolute atomic E-state index is 13.5. The van der Waals surface area contributed by atoms with Crippen LogP contribution in [-0.2, 0) is 16.0 Å². The molecule has 1 heterocycles. The minimum atomic E-state index is -1.93. The van der Waals surface area contributed by atoms with Gasteiger partial charge in [-0.3, -0.25) is 9.59 Å². The predicted molar refractivity (Wildman–Crippen MR) is 124 cm³/mol. The molecule has 1 saturated carbocycles. The number of imide groups is 1. The second-order valence-electron chi connectivity index (χ2n) is 8.27. The molecule has 31 heavy (non-hydrogen) atoms. The summed E-state index contributed by atoms with van der Waals surface area (Å²) in [5.41, 5.74) is 4.89. The third-order valence-electron chi connectivity index (χ3n) is 6.94. The maximum atomic E-state index is 13.5. The Morgan fingerprint density at radius 1 is 0.774 bits per heavy atom. The number of nitrogens with zero attached hydrogens (tertiary/aromatic N) is 1. The van der Waals surface area contributed by atoms with E-state index in [1.807, 2.05) is 24.3 Å². The summed E-state index contributed by atoms with van der Waals surface area (Å²) in [6.07, 6.45) is 0.715. The van der Waals surface area contributed by atoms with Gasteiger partial charge < -0.3 is 0 Å². The molecule has 4 aliphatic rings. The van der Waals surface area contributed by atoms with Crippen LogP contribution in [0.3, 0.4) is 0 Å². The molecule has 2 aromatic rings. The molecule has 3 aliphatic carbocycles. The van der Waals surface area contributed by atoms with Gasteiger partial charge in [-0.05, 0) is 40.8 Å². The molecule has 0 spiro atoms. The average Bonchev–Trinajstić information content (AvgIpc) is 3.31. The highest BCUT2D eigenvalue weighted by molar-refractivity contribution is 6.67. The number of hydrogen-bond acceptors (Lipinski definition) is 2. The molecule has 0 aromatic heterocycles. The van der Waals surface area contributed by atoms with E-state index >= 15 is 0 Å². The first-order valence-electron chi connectivity index (χ1n) is 9.47. The lowest BCUT2D eigenvalue weighted by molar-refractivity contribution is -0.123. The van der Waals surface area contributed by atoms with E-state index in [1.165, 1.54) is 5.56 Å². The third-order valence-corrected chi connectivity index (χ3v) is 11.2. The Morgan fingerprint density at radius 3 is 1.94 bits per heavy atom. The molecule has 4 atom stereocenters. The van der Waals surface area contributed by atoms with E-state index < -0.39 is 37.7 Å². The number of alkyl halides is 4. The van der Waals surface area contributed by atoms with E-state index in [4.69, 9.17) is 69.6 Å². The lowest BCUT2D eigenvalue weighted by Gasteiger charge is -2.34. The van der Waals surface area contributed by atoms with Crippen molar-refractivity contribution in [2.45, 2.75) is 20.5 Å². The monoisotopic (exact) mass is 531 g/mol. The Kier molecular flexibility index (Phi) is 4.09. The van der Waals surface area contributed by atoms with E-state index in [0.717, 1.165) is 21.6 Å². The molecule has 0 N–H and O–H groups in total. The first kappa shape index (κ1) is 20.7. The summed E-state index contributed by atoms with van der Waals surface area (Å²) in [7, 11) is 0. The van der Waals surface area contributed by atoms with Crippen LogP contribution in [-0.4, -0.2) is 25.9 Å². The molecule has 3 nitrogen and oxygen atoms in total. The SMILES string of the molecule is O=C1[C@@H]2[C@@H](C(=O)N1c1ccc3c(c1)Cc1ccccc1-3)[C@]1(Cl)C(Cl)=C(Cl)[C@]2(Cl)C1(Cl)Cl. The second-order valence-corrected chi connectivity index (χ2v) is 11.5. The largest absolute Gasteiger partial charge is 0.274 e. The Hall–Kier alpha value is -0.940. The summed E-state index contributed by atoms with van der Waals surface area (Å²) in [6, 6.07) is 13.6. The minimum Gasteiger partial charge on any atom is -0.274 e. The van der Waals surface area contributed by atoms with Crippen molar-refractivity contribution in [2.24, 2.45) is 11.8 Å². The standard InChI is InChI=1S/C22H11Cl6NO2/c23-16-17(24)21(26)15-14(20(16,25)22(21,27)28)18(30)29(19(15)31)11-5-6-13-10(8-11)7-9-3-1-2-4-12(9)13/h1-6,8,14-15H,7H2/t14-,15-,20-,21-/m0/s1. The molecule has 6 rings (SSSR count). The summed E-state index contributed by atoms with van der Waals surface area (Å²) in [5, 5.41) is -0.186.